The van der Waals surface area contributed by atoms with E-state index in [1.54, 1.807) is 17.0 Å². The van der Waals surface area contributed by atoms with Crippen molar-refractivity contribution in [2.75, 3.05) is 13.1 Å². The van der Waals surface area contributed by atoms with Crippen molar-refractivity contribution >= 4 is 5.91 Å². The van der Waals surface area contributed by atoms with Gasteiger partial charge in [0.05, 0.1) is 17.6 Å². The number of rotatable bonds is 2. The fraction of sp³-hybridized carbons (Fsp3) is 0.375. The molecule has 1 aromatic carbocycles. The van der Waals surface area contributed by atoms with Gasteiger partial charge in [-0.3, -0.25) is 4.79 Å². The molecule has 23 heavy (non-hydrogen) atoms. The first-order chi connectivity index (χ1) is 11.0. The molecule has 1 saturated heterocycles. The highest BCUT2D eigenvalue weighted by atomic mass is 19.1. The van der Waals surface area contributed by atoms with Gasteiger partial charge in [0.15, 0.2) is 0 Å². The Balaban J connectivity index is 0.000000229. The number of phenols is 1. The molecule has 0 aliphatic carbocycles. The molecule has 3 rings (SSSR count). The molecule has 2 heterocycles. The predicted octanol–water partition coefficient (Wildman–Crippen LogP) is 1.60. The molecule has 0 saturated carbocycles. The van der Waals surface area contributed by atoms with Gasteiger partial charge in [0, 0.05) is 25.4 Å². The maximum atomic E-state index is 12.1. The predicted molar refractivity (Wildman–Crippen MR) is 85.8 cm³/mol. The van der Waals surface area contributed by atoms with Crippen LogP contribution in [-0.4, -0.2) is 39.8 Å². The van der Waals surface area contributed by atoms with Crippen LogP contribution in [0.1, 0.15) is 23.2 Å². The largest absolute Gasteiger partial charge is 0.507 e. The van der Waals surface area contributed by atoms with Gasteiger partial charge >= 0.3 is 0 Å². The molecule has 1 fully saturated rings. The van der Waals surface area contributed by atoms with Gasteiger partial charge in [-0.2, -0.15) is 0 Å². The van der Waals surface area contributed by atoms with Crippen molar-refractivity contribution in [2.24, 2.45) is 12.8 Å². The smallest absolute Gasteiger partial charge is 0.252 e. The van der Waals surface area contributed by atoms with Crippen molar-refractivity contribution in [3.8, 4) is 17.0 Å². The second-order valence-electron chi connectivity index (χ2n) is 5.46. The number of halogens is 1. The summed E-state index contributed by atoms with van der Waals surface area (Å²) in [5.41, 5.74) is 6.71. The molecular weight excluding hydrogens is 299 g/mol. The quantitative estimate of drug-likeness (QED) is 0.783. The van der Waals surface area contributed by atoms with E-state index in [4.69, 9.17) is 5.73 Å². The SMILES string of the molecule is Cn1cnc(-c2ccc(O)c(C(N)=O)c2)c1.FC1CCCNC1. The average Bonchev–Trinajstić information content (AvgIpc) is 2.95. The lowest BCUT2D eigenvalue weighted by Crippen LogP contribution is -2.30. The summed E-state index contributed by atoms with van der Waals surface area (Å²) in [5, 5.41) is 12.4. The van der Waals surface area contributed by atoms with E-state index >= 15 is 0 Å². The number of piperidine rings is 1. The van der Waals surface area contributed by atoms with Crippen LogP contribution in [0.25, 0.3) is 11.3 Å². The van der Waals surface area contributed by atoms with E-state index in [0.29, 0.717) is 6.54 Å². The van der Waals surface area contributed by atoms with Gasteiger partial charge in [0.1, 0.15) is 11.9 Å². The minimum absolute atomic E-state index is 0.100. The van der Waals surface area contributed by atoms with E-state index in [0.717, 1.165) is 30.6 Å². The topological polar surface area (TPSA) is 93.2 Å². The summed E-state index contributed by atoms with van der Waals surface area (Å²) >= 11 is 0. The zero-order valence-corrected chi connectivity index (χ0v) is 13.0. The first kappa shape index (κ1) is 17.0. The zero-order chi connectivity index (χ0) is 16.8. The fourth-order valence-corrected chi connectivity index (χ4v) is 2.26. The van der Waals surface area contributed by atoms with Crippen LogP contribution in [0.5, 0.6) is 5.75 Å². The van der Waals surface area contributed by atoms with Gasteiger partial charge in [-0.1, -0.05) is 0 Å². The number of aromatic nitrogens is 2. The summed E-state index contributed by atoms with van der Waals surface area (Å²) in [5.74, 6) is -0.775. The van der Waals surface area contributed by atoms with Gasteiger partial charge in [-0.25, -0.2) is 9.37 Å². The van der Waals surface area contributed by atoms with Crippen LogP contribution in [0.3, 0.4) is 0 Å². The lowest BCUT2D eigenvalue weighted by atomic mass is 10.1. The molecule has 2 aromatic rings. The van der Waals surface area contributed by atoms with Crippen molar-refractivity contribution in [2.45, 2.75) is 19.0 Å². The van der Waals surface area contributed by atoms with E-state index in [1.807, 2.05) is 13.2 Å². The Kier molecular flexibility index (Phi) is 5.70. The summed E-state index contributed by atoms with van der Waals surface area (Å²) in [6.07, 6.45) is 4.66. The van der Waals surface area contributed by atoms with E-state index < -0.39 is 12.1 Å². The Morgan fingerprint density at radius 1 is 1.52 bits per heavy atom. The molecular formula is C16H21FN4O2. The third-order valence-electron chi connectivity index (χ3n) is 3.50. The third kappa shape index (κ3) is 4.79. The number of benzene rings is 1. The summed E-state index contributed by atoms with van der Waals surface area (Å²) in [6.45, 7) is 1.57. The van der Waals surface area contributed by atoms with Crippen LogP contribution in [0, 0.1) is 0 Å². The Morgan fingerprint density at radius 2 is 2.30 bits per heavy atom. The van der Waals surface area contributed by atoms with E-state index in [2.05, 4.69) is 10.3 Å². The zero-order valence-electron chi connectivity index (χ0n) is 13.0. The summed E-state index contributed by atoms with van der Waals surface area (Å²) in [7, 11) is 1.85. The number of carbonyl (C=O) groups is 1. The Hall–Kier alpha value is -2.41. The third-order valence-corrected chi connectivity index (χ3v) is 3.50. The highest BCUT2D eigenvalue weighted by Crippen LogP contribution is 2.24. The highest BCUT2D eigenvalue weighted by Gasteiger charge is 2.10. The standard InChI is InChI=1S/C11H11N3O2.C5H10FN/c1-14-5-9(13-6-14)7-2-3-10(15)8(4-7)11(12)16;6-5-2-1-3-7-4-5/h2-6,15H,1H3,(H2,12,16);5,7H,1-4H2. The minimum Gasteiger partial charge on any atom is -0.507 e. The van der Waals surface area contributed by atoms with E-state index in [1.165, 1.54) is 12.1 Å². The number of nitrogens with two attached hydrogens (primary N) is 1. The highest BCUT2D eigenvalue weighted by molar-refractivity contribution is 5.96. The van der Waals surface area contributed by atoms with Gasteiger partial charge < -0.3 is 20.7 Å². The Morgan fingerprint density at radius 3 is 2.78 bits per heavy atom. The maximum Gasteiger partial charge on any atom is 0.252 e. The minimum atomic E-state index is -0.657. The molecule has 1 aromatic heterocycles. The number of imidazole rings is 1. The molecule has 0 spiro atoms. The molecule has 4 N–H and O–H groups in total. The molecule has 1 aliphatic rings. The molecule has 1 atom stereocenters. The first-order valence-electron chi connectivity index (χ1n) is 7.43. The van der Waals surface area contributed by atoms with Crippen molar-refractivity contribution in [3.05, 3.63) is 36.3 Å². The molecule has 6 nitrogen and oxygen atoms in total. The number of aromatic hydroxyl groups is 1. The molecule has 0 bridgehead atoms. The summed E-state index contributed by atoms with van der Waals surface area (Å²) in [6, 6.07) is 4.65. The molecule has 1 unspecified atom stereocenters. The fourth-order valence-electron chi connectivity index (χ4n) is 2.26. The van der Waals surface area contributed by atoms with Crippen LogP contribution < -0.4 is 11.1 Å². The summed E-state index contributed by atoms with van der Waals surface area (Å²) < 4.78 is 13.9. The van der Waals surface area contributed by atoms with Gasteiger partial charge in [0.25, 0.3) is 5.91 Å². The van der Waals surface area contributed by atoms with Gasteiger partial charge in [-0.15, -0.1) is 0 Å². The van der Waals surface area contributed by atoms with Crippen LogP contribution in [0.2, 0.25) is 0 Å². The van der Waals surface area contributed by atoms with Crippen molar-refractivity contribution < 1.29 is 14.3 Å². The van der Waals surface area contributed by atoms with E-state index in [9.17, 15) is 14.3 Å². The second-order valence-corrected chi connectivity index (χ2v) is 5.46. The molecule has 7 heteroatoms. The van der Waals surface area contributed by atoms with Crippen molar-refractivity contribution in [1.29, 1.82) is 0 Å². The number of hydrogen-bond donors (Lipinski definition) is 3. The van der Waals surface area contributed by atoms with Gasteiger partial charge in [0.2, 0.25) is 0 Å². The molecule has 1 aliphatic heterocycles. The number of aryl methyl sites for hydroxylation is 1. The maximum absolute atomic E-state index is 12.1. The van der Waals surface area contributed by atoms with Gasteiger partial charge in [-0.05, 0) is 37.6 Å². The number of nitrogens with zero attached hydrogens (tertiary/aromatic N) is 2. The van der Waals surface area contributed by atoms with Crippen LogP contribution >= 0.6 is 0 Å². The normalized spacial score (nSPS) is 17.2. The number of hydrogen-bond acceptors (Lipinski definition) is 4. The number of carbonyl (C=O) groups excluding carboxylic acids is 1. The van der Waals surface area contributed by atoms with Crippen LogP contribution in [0.15, 0.2) is 30.7 Å². The Bertz CT molecular complexity index is 666. The average molecular weight is 320 g/mol. The molecule has 1 amide bonds. The first-order valence-corrected chi connectivity index (χ1v) is 7.43. The lowest BCUT2D eigenvalue weighted by molar-refractivity contribution is 0.0998. The van der Waals surface area contributed by atoms with Crippen molar-refractivity contribution in [3.63, 3.8) is 0 Å². The van der Waals surface area contributed by atoms with E-state index in [-0.39, 0.29) is 11.3 Å². The number of alkyl halides is 1. The number of primary amides is 1. The Labute approximate surface area is 134 Å². The van der Waals surface area contributed by atoms with Crippen LogP contribution in [-0.2, 0) is 7.05 Å². The van der Waals surface area contributed by atoms with Crippen LogP contribution in [0.4, 0.5) is 4.39 Å². The monoisotopic (exact) mass is 320 g/mol. The molecule has 124 valence electrons. The number of amides is 1. The second kappa shape index (κ2) is 7.73. The molecule has 0 radical (unpaired) electrons. The lowest BCUT2D eigenvalue weighted by Gasteiger charge is -2.14. The number of nitrogens with one attached hydrogen (secondary N) is 1. The summed E-state index contributed by atoms with van der Waals surface area (Å²) in [4.78, 5) is 15.2. The van der Waals surface area contributed by atoms with Crippen molar-refractivity contribution in [1.82, 2.24) is 14.9 Å².